The lowest BCUT2D eigenvalue weighted by Gasteiger charge is -2.26. The summed E-state index contributed by atoms with van der Waals surface area (Å²) < 4.78 is 1.55. The summed E-state index contributed by atoms with van der Waals surface area (Å²) in [5, 5.41) is 16.0. The van der Waals surface area contributed by atoms with Crippen LogP contribution in [0.15, 0.2) is 24.7 Å². The molecule has 21 heavy (non-hydrogen) atoms. The molecule has 1 aliphatic carbocycles. The molecule has 110 valence electrons. The van der Waals surface area contributed by atoms with Gasteiger partial charge in [0.15, 0.2) is 5.65 Å². The lowest BCUT2D eigenvalue weighted by Crippen LogP contribution is -2.38. The Labute approximate surface area is 121 Å². The molecule has 2 heterocycles. The summed E-state index contributed by atoms with van der Waals surface area (Å²) in [5.74, 6) is -1.23. The Morgan fingerprint density at radius 2 is 2.05 bits per heavy atom. The third kappa shape index (κ3) is 2.72. The summed E-state index contributed by atoms with van der Waals surface area (Å²) >= 11 is 0. The van der Waals surface area contributed by atoms with Gasteiger partial charge in [-0.05, 0) is 31.7 Å². The molecule has 1 saturated carbocycles. The van der Waals surface area contributed by atoms with E-state index in [1.807, 2.05) is 0 Å². The topological polar surface area (TPSA) is 96.6 Å². The molecule has 0 saturated heterocycles. The van der Waals surface area contributed by atoms with Crippen LogP contribution in [-0.4, -0.2) is 37.6 Å². The first-order chi connectivity index (χ1) is 10.1. The Morgan fingerprint density at radius 1 is 1.29 bits per heavy atom. The van der Waals surface area contributed by atoms with Gasteiger partial charge in [-0.15, -0.1) is 0 Å². The van der Waals surface area contributed by atoms with Crippen molar-refractivity contribution in [2.24, 2.45) is 5.92 Å². The van der Waals surface area contributed by atoms with Crippen molar-refractivity contribution >= 4 is 17.5 Å². The van der Waals surface area contributed by atoms with E-state index in [-0.39, 0.29) is 17.9 Å². The number of nitrogens with one attached hydrogen (secondary N) is 1. The molecule has 0 spiro atoms. The zero-order valence-electron chi connectivity index (χ0n) is 11.4. The molecule has 2 aromatic rings. The molecule has 0 unspecified atom stereocenters. The number of amides is 1. The van der Waals surface area contributed by atoms with Crippen LogP contribution in [0.4, 0.5) is 0 Å². The van der Waals surface area contributed by atoms with Crippen molar-refractivity contribution in [1.82, 2.24) is 19.9 Å². The van der Waals surface area contributed by atoms with Crippen LogP contribution >= 0.6 is 0 Å². The maximum Gasteiger partial charge on any atom is 0.306 e. The van der Waals surface area contributed by atoms with Gasteiger partial charge in [0.1, 0.15) is 5.56 Å². The van der Waals surface area contributed by atoms with Crippen molar-refractivity contribution in [3.05, 3.63) is 30.2 Å². The van der Waals surface area contributed by atoms with Crippen molar-refractivity contribution in [2.45, 2.75) is 31.7 Å². The third-order valence-electron chi connectivity index (χ3n) is 3.94. The molecular formula is C14H16N4O3. The number of fused-ring (bicyclic) bond motifs is 1. The van der Waals surface area contributed by atoms with Gasteiger partial charge in [0, 0.05) is 18.4 Å². The van der Waals surface area contributed by atoms with Crippen molar-refractivity contribution in [1.29, 1.82) is 0 Å². The zero-order chi connectivity index (χ0) is 14.8. The highest BCUT2D eigenvalue weighted by molar-refractivity contribution is 5.99. The van der Waals surface area contributed by atoms with E-state index >= 15 is 0 Å². The van der Waals surface area contributed by atoms with Crippen LogP contribution in [0.3, 0.4) is 0 Å². The number of hydrogen-bond acceptors (Lipinski definition) is 4. The first-order valence-corrected chi connectivity index (χ1v) is 6.97. The minimum atomic E-state index is -0.744. The van der Waals surface area contributed by atoms with Crippen LogP contribution in [0.2, 0.25) is 0 Å². The van der Waals surface area contributed by atoms with E-state index in [9.17, 15) is 9.59 Å². The SMILES string of the molecule is O=C(N[C@H]1CC[C@H](C(=O)O)CC1)c1cnn2cccnc12. The molecule has 0 bridgehead atoms. The number of carboxylic acids is 1. The van der Waals surface area contributed by atoms with E-state index in [2.05, 4.69) is 15.4 Å². The van der Waals surface area contributed by atoms with E-state index in [0.29, 0.717) is 36.9 Å². The van der Waals surface area contributed by atoms with Gasteiger partial charge in [0.25, 0.3) is 5.91 Å². The second kappa shape index (κ2) is 5.51. The fraction of sp³-hybridized carbons (Fsp3) is 0.429. The highest BCUT2D eigenvalue weighted by Crippen LogP contribution is 2.24. The van der Waals surface area contributed by atoms with Gasteiger partial charge in [0.2, 0.25) is 0 Å². The third-order valence-corrected chi connectivity index (χ3v) is 3.94. The molecule has 0 atom stereocenters. The van der Waals surface area contributed by atoms with Gasteiger partial charge < -0.3 is 10.4 Å². The molecule has 7 nitrogen and oxygen atoms in total. The van der Waals surface area contributed by atoms with E-state index in [0.717, 1.165) is 0 Å². The molecule has 1 fully saturated rings. The Balaban J connectivity index is 1.66. The molecule has 0 radical (unpaired) electrons. The van der Waals surface area contributed by atoms with Gasteiger partial charge in [0.05, 0.1) is 12.1 Å². The molecule has 2 N–H and O–H groups in total. The zero-order valence-corrected chi connectivity index (χ0v) is 11.4. The molecular weight excluding hydrogens is 272 g/mol. The van der Waals surface area contributed by atoms with Crippen molar-refractivity contribution in [3.63, 3.8) is 0 Å². The Kier molecular flexibility index (Phi) is 3.55. The predicted molar refractivity (Wildman–Crippen MR) is 73.8 cm³/mol. The number of carbonyl (C=O) groups excluding carboxylic acids is 1. The molecule has 7 heteroatoms. The Bertz CT molecular complexity index is 674. The summed E-state index contributed by atoms with van der Waals surface area (Å²) in [6, 6.07) is 1.77. The number of aliphatic carboxylic acids is 1. The highest BCUT2D eigenvalue weighted by Gasteiger charge is 2.27. The van der Waals surface area contributed by atoms with Crippen LogP contribution in [0.5, 0.6) is 0 Å². The minimum Gasteiger partial charge on any atom is -0.481 e. The summed E-state index contributed by atoms with van der Waals surface area (Å²) in [5.41, 5.74) is 0.963. The van der Waals surface area contributed by atoms with Crippen LogP contribution in [-0.2, 0) is 4.79 Å². The van der Waals surface area contributed by atoms with E-state index in [1.54, 1.807) is 23.0 Å². The number of nitrogens with zero attached hydrogens (tertiary/aromatic N) is 3. The minimum absolute atomic E-state index is 0.0202. The van der Waals surface area contributed by atoms with Crippen LogP contribution < -0.4 is 5.32 Å². The van der Waals surface area contributed by atoms with Crippen LogP contribution in [0.25, 0.3) is 5.65 Å². The molecule has 1 amide bonds. The van der Waals surface area contributed by atoms with Gasteiger partial charge in [-0.1, -0.05) is 0 Å². The number of rotatable bonds is 3. The Hall–Kier alpha value is -2.44. The normalized spacial score (nSPS) is 22.1. The maximum atomic E-state index is 12.3. The first-order valence-electron chi connectivity index (χ1n) is 6.97. The van der Waals surface area contributed by atoms with Gasteiger partial charge in [-0.3, -0.25) is 9.59 Å². The summed E-state index contributed by atoms with van der Waals surface area (Å²) in [6.07, 6.45) is 7.44. The molecule has 1 aliphatic rings. The van der Waals surface area contributed by atoms with Gasteiger partial charge in [-0.2, -0.15) is 5.10 Å². The van der Waals surface area contributed by atoms with E-state index < -0.39 is 5.97 Å². The second-order valence-electron chi connectivity index (χ2n) is 5.31. The van der Waals surface area contributed by atoms with E-state index in [4.69, 9.17) is 5.11 Å². The predicted octanol–water partition coefficient (Wildman–Crippen LogP) is 1.10. The first kappa shape index (κ1) is 13.5. The van der Waals surface area contributed by atoms with Gasteiger partial charge in [-0.25, -0.2) is 9.50 Å². The highest BCUT2D eigenvalue weighted by atomic mass is 16.4. The number of carboxylic acid groups (broad SMARTS) is 1. The van der Waals surface area contributed by atoms with Crippen LogP contribution in [0, 0.1) is 5.92 Å². The summed E-state index contributed by atoms with van der Waals surface area (Å²) in [6.45, 7) is 0. The standard InChI is InChI=1S/C14H16N4O3/c19-13(11-8-16-18-7-1-6-15-12(11)18)17-10-4-2-9(3-5-10)14(20)21/h1,6-10H,2-5H2,(H,17,19)(H,20,21)/t9-,10-. The molecule has 0 aromatic carbocycles. The van der Waals surface area contributed by atoms with Crippen molar-refractivity contribution < 1.29 is 14.7 Å². The molecule has 0 aliphatic heterocycles. The van der Waals surface area contributed by atoms with Crippen molar-refractivity contribution in [3.8, 4) is 0 Å². The quantitative estimate of drug-likeness (QED) is 0.881. The molecule has 2 aromatic heterocycles. The summed E-state index contributed by atoms with van der Waals surface area (Å²) in [7, 11) is 0. The largest absolute Gasteiger partial charge is 0.481 e. The fourth-order valence-corrected chi connectivity index (χ4v) is 2.74. The van der Waals surface area contributed by atoms with Gasteiger partial charge >= 0.3 is 5.97 Å². The average molecular weight is 288 g/mol. The van der Waals surface area contributed by atoms with Crippen LogP contribution in [0.1, 0.15) is 36.0 Å². The fourth-order valence-electron chi connectivity index (χ4n) is 2.74. The molecule has 3 rings (SSSR count). The lowest BCUT2D eigenvalue weighted by molar-refractivity contribution is -0.142. The maximum absolute atomic E-state index is 12.3. The average Bonchev–Trinajstić information content (AvgIpc) is 2.92. The Morgan fingerprint density at radius 3 is 2.76 bits per heavy atom. The summed E-state index contributed by atoms with van der Waals surface area (Å²) in [4.78, 5) is 27.3. The van der Waals surface area contributed by atoms with Crippen molar-refractivity contribution in [2.75, 3.05) is 0 Å². The second-order valence-corrected chi connectivity index (χ2v) is 5.31. The van der Waals surface area contributed by atoms with E-state index in [1.165, 1.54) is 6.20 Å². The lowest BCUT2D eigenvalue weighted by atomic mass is 9.86. The smallest absolute Gasteiger partial charge is 0.306 e. The number of carbonyl (C=O) groups is 2. The monoisotopic (exact) mass is 288 g/mol. The number of aromatic nitrogens is 3. The number of hydrogen-bond donors (Lipinski definition) is 2.